The molecule has 0 saturated carbocycles. The monoisotopic (exact) mass is 520 g/mol. The van der Waals surface area contributed by atoms with E-state index in [9.17, 15) is 14.4 Å². The molecule has 0 bridgehead atoms. The average molecular weight is 521 g/mol. The Hall–Kier alpha value is -3.50. The molecule has 5 rings (SSSR count). The molecule has 2 N–H and O–H groups in total. The van der Waals surface area contributed by atoms with E-state index in [0.29, 0.717) is 67.4 Å². The summed E-state index contributed by atoms with van der Waals surface area (Å²) in [6, 6.07) is 7.46. The molecule has 0 radical (unpaired) electrons. The summed E-state index contributed by atoms with van der Waals surface area (Å²) in [7, 11) is 0. The molecule has 3 aromatic rings. The first-order chi connectivity index (χ1) is 18.4. The van der Waals surface area contributed by atoms with Gasteiger partial charge < -0.3 is 24.8 Å². The summed E-state index contributed by atoms with van der Waals surface area (Å²) in [5.41, 5.74) is 8.76. The minimum atomic E-state index is -0.333. The van der Waals surface area contributed by atoms with Crippen LogP contribution in [0, 0.1) is 0 Å². The number of fused-ring (bicyclic) bond motifs is 1. The van der Waals surface area contributed by atoms with Crippen LogP contribution >= 0.6 is 0 Å². The summed E-state index contributed by atoms with van der Waals surface area (Å²) < 4.78 is 8.69. The van der Waals surface area contributed by atoms with E-state index in [4.69, 9.17) is 10.5 Å². The number of aromatic nitrogens is 3. The van der Waals surface area contributed by atoms with Gasteiger partial charge in [-0.2, -0.15) is 0 Å². The highest BCUT2D eigenvalue weighted by Crippen LogP contribution is 2.33. The Labute approximate surface area is 222 Å². The van der Waals surface area contributed by atoms with E-state index < -0.39 is 0 Å². The molecule has 1 amide bonds. The third-order valence-electron chi connectivity index (χ3n) is 7.56. The lowest BCUT2D eigenvalue weighted by atomic mass is 10.1. The predicted molar refractivity (Wildman–Crippen MR) is 146 cm³/mol. The second-order valence-electron chi connectivity index (χ2n) is 10.0. The minimum Gasteiger partial charge on any atom is -0.378 e. The first kappa shape index (κ1) is 26.1. The van der Waals surface area contributed by atoms with Crippen molar-refractivity contribution in [2.45, 2.75) is 52.2 Å². The van der Waals surface area contributed by atoms with Gasteiger partial charge in [-0.15, -0.1) is 0 Å². The lowest BCUT2D eigenvalue weighted by Gasteiger charge is -2.34. The van der Waals surface area contributed by atoms with Gasteiger partial charge in [0.1, 0.15) is 22.4 Å². The second-order valence-corrected chi connectivity index (χ2v) is 10.0. The number of anilines is 1. The Morgan fingerprint density at radius 3 is 2.66 bits per heavy atom. The third kappa shape index (κ3) is 4.86. The van der Waals surface area contributed by atoms with Gasteiger partial charge in [-0.05, 0) is 37.8 Å². The fraction of sp³-hybridized carbons (Fsp3) is 0.500. The number of Topliss-reactive ketones (excluding diaryl/α,β-unsaturated/α-hetero) is 1. The Bertz CT molecular complexity index is 1400. The van der Waals surface area contributed by atoms with Crippen LogP contribution in [0.2, 0.25) is 0 Å². The molecule has 4 heterocycles. The lowest BCUT2D eigenvalue weighted by molar-refractivity contribution is 0.0304. The van der Waals surface area contributed by atoms with E-state index in [1.165, 1.54) is 10.9 Å². The highest BCUT2D eigenvalue weighted by Gasteiger charge is 2.33. The van der Waals surface area contributed by atoms with Crippen LogP contribution in [0.1, 0.15) is 53.0 Å². The van der Waals surface area contributed by atoms with Crippen LogP contribution in [0.5, 0.6) is 0 Å². The Morgan fingerprint density at radius 1 is 1.16 bits per heavy atom. The van der Waals surface area contributed by atoms with Crippen LogP contribution in [-0.2, 0) is 24.2 Å². The van der Waals surface area contributed by atoms with Gasteiger partial charge in [0.2, 0.25) is 0 Å². The summed E-state index contributed by atoms with van der Waals surface area (Å²) in [4.78, 5) is 49.4. The third-order valence-corrected chi connectivity index (χ3v) is 7.56. The summed E-state index contributed by atoms with van der Waals surface area (Å²) in [5, 5.41) is 0. The normalized spacial score (nSPS) is 18.2. The van der Waals surface area contributed by atoms with E-state index in [0.717, 1.165) is 31.4 Å². The van der Waals surface area contributed by atoms with Crippen molar-refractivity contribution in [3.63, 3.8) is 0 Å². The minimum absolute atomic E-state index is 0.0143. The number of nitrogens with two attached hydrogens (primary N) is 1. The maximum Gasteiger partial charge on any atom is 0.278 e. The molecule has 38 heavy (non-hydrogen) atoms. The van der Waals surface area contributed by atoms with Crippen LogP contribution in [0.25, 0.3) is 11.0 Å². The van der Waals surface area contributed by atoms with Crippen molar-refractivity contribution < 1.29 is 14.3 Å². The van der Waals surface area contributed by atoms with Crippen molar-refractivity contribution in [1.29, 1.82) is 0 Å². The number of aryl methyl sites for hydroxylation is 2. The molecular weight excluding hydrogens is 484 g/mol. The quantitative estimate of drug-likeness (QED) is 0.474. The van der Waals surface area contributed by atoms with Crippen LogP contribution in [-0.4, -0.2) is 76.1 Å². The second kappa shape index (κ2) is 11.1. The topological polar surface area (TPSA) is 116 Å². The van der Waals surface area contributed by atoms with Crippen molar-refractivity contribution in [2.24, 2.45) is 5.73 Å². The van der Waals surface area contributed by atoms with E-state index in [-0.39, 0.29) is 29.8 Å². The van der Waals surface area contributed by atoms with Gasteiger partial charge in [0, 0.05) is 44.3 Å². The van der Waals surface area contributed by atoms with Gasteiger partial charge in [0.15, 0.2) is 5.78 Å². The molecule has 202 valence electrons. The molecule has 0 aliphatic carbocycles. The lowest BCUT2D eigenvalue weighted by Crippen LogP contribution is -2.45. The number of ether oxygens (including phenoxy) is 1. The standard InChI is InChI=1S/C28H36N6O4/c1-3-19-7-5-8-20(15-19)22(35)17-33-18-30-24-23(27(36)31-11-13-38-14-12-31)26(32-10-6-9-21(29)16-32)34(4-2)25(24)28(33)37/h5,7-8,15,18,21H,3-4,6,9-14,16-17,29H2,1-2H3/t21-/m0/s1. The van der Waals surface area contributed by atoms with E-state index >= 15 is 0 Å². The maximum atomic E-state index is 13.9. The molecular formula is C28H36N6O4. The Morgan fingerprint density at radius 2 is 1.95 bits per heavy atom. The zero-order valence-electron chi connectivity index (χ0n) is 22.2. The van der Waals surface area contributed by atoms with Gasteiger partial charge in [-0.1, -0.05) is 25.1 Å². The van der Waals surface area contributed by atoms with E-state index in [1.807, 2.05) is 36.6 Å². The fourth-order valence-corrected chi connectivity index (χ4v) is 5.54. The first-order valence-electron chi connectivity index (χ1n) is 13.5. The van der Waals surface area contributed by atoms with Crippen molar-refractivity contribution in [2.75, 3.05) is 44.3 Å². The first-order valence-corrected chi connectivity index (χ1v) is 13.5. The molecule has 10 heteroatoms. The average Bonchev–Trinajstić information content (AvgIpc) is 3.29. The van der Waals surface area contributed by atoms with Gasteiger partial charge in [-0.25, -0.2) is 4.98 Å². The van der Waals surface area contributed by atoms with Crippen LogP contribution in [0.4, 0.5) is 5.82 Å². The largest absolute Gasteiger partial charge is 0.378 e. The van der Waals surface area contributed by atoms with E-state index in [2.05, 4.69) is 9.88 Å². The number of carbonyl (C=O) groups excluding carboxylic acids is 2. The zero-order valence-corrected chi connectivity index (χ0v) is 22.2. The SMILES string of the molecule is CCc1cccc(C(=O)Cn2cnc3c(C(=O)N4CCOCC4)c(N4CCC[C@H](N)C4)n(CC)c3c2=O)c1. The number of piperidine rings is 1. The summed E-state index contributed by atoms with van der Waals surface area (Å²) >= 11 is 0. The highest BCUT2D eigenvalue weighted by molar-refractivity contribution is 6.10. The molecule has 2 aromatic heterocycles. The van der Waals surface area contributed by atoms with Gasteiger partial charge in [0.25, 0.3) is 11.5 Å². The molecule has 2 aliphatic heterocycles. The number of nitrogens with zero attached hydrogens (tertiary/aromatic N) is 5. The van der Waals surface area contributed by atoms with Crippen LogP contribution in [0.3, 0.4) is 0 Å². The van der Waals surface area contributed by atoms with Gasteiger partial charge in [0.05, 0.1) is 26.1 Å². The zero-order chi connectivity index (χ0) is 26.8. The number of benzene rings is 1. The molecule has 1 atom stereocenters. The molecule has 2 aliphatic rings. The number of hydrogen-bond acceptors (Lipinski definition) is 7. The molecule has 1 aromatic carbocycles. The van der Waals surface area contributed by atoms with E-state index in [1.54, 1.807) is 11.0 Å². The number of morpholine rings is 1. The predicted octanol–water partition coefficient (Wildman–Crippen LogP) is 2.06. The highest BCUT2D eigenvalue weighted by atomic mass is 16.5. The van der Waals surface area contributed by atoms with Crippen molar-refractivity contribution in [3.8, 4) is 0 Å². The number of hydrogen-bond donors (Lipinski definition) is 1. The van der Waals surface area contributed by atoms with Crippen molar-refractivity contribution in [1.82, 2.24) is 19.0 Å². The molecule has 2 fully saturated rings. The fourth-order valence-electron chi connectivity index (χ4n) is 5.54. The maximum absolute atomic E-state index is 13.9. The number of carbonyl (C=O) groups is 2. The number of amides is 1. The Kier molecular flexibility index (Phi) is 7.62. The van der Waals surface area contributed by atoms with Crippen molar-refractivity contribution in [3.05, 3.63) is 57.6 Å². The Balaban J connectivity index is 1.62. The van der Waals surface area contributed by atoms with Gasteiger partial charge in [-0.3, -0.25) is 19.0 Å². The molecule has 0 spiro atoms. The number of rotatable bonds is 7. The summed E-state index contributed by atoms with van der Waals surface area (Å²) in [6.45, 7) is 7.60. The van der Waals surface area contributed by atoms with Crippen LogP contribution in [0.15, 0.2) is 35.4 Å². The smallest absolute Gasteiger partial charge is 0.278 e. The van der Waals surface area contributed by atoms with Gasteiger partial charge >= 0.3 is 0 Å². The summed E-state index contributed by atoms with van der Waals surface area (Å²) in [5.74, 6) is 0.375. The number of ketones is 1. The molecule has 2 saturated heterocycles. The molecule has 10 nitrogen and oxygen atoms in total. The summed E-state index contributed by atoms with van der Waals surface area (Å²) in [6.07, 6.45) is 4.04. The van der Waals surface area contributed by atoms with Crippen LogP contribution < -0.4 is 16.2 Å². The molecule has 0 unspecified atom stereocenters. The van der Waals surface area contributed by atoms with Crippen molar-refractivity contribution >= 4 is 28.5 Å².